The van der Waals surface area contributed by atoms with Crippen molar-refractivity contribution in [2.24, 2.45) is 5.73 Å². The molecule has 0 saturated heterocycles. The summed E-state index contributed by atoms with van der Waals surface area (Å²) in [5.74, 6) is -0.0351. The Morgan fingerprint density at radius 3 is 2.61 bits per heavy atom. The van der Waals surface area contributed by atoms with Gasteiger partial charge >= 0.3 is 0 Å². The molecule has 1 aromatic heterocycles. The zero-order valence-electron chi connectivity index (χ0n) is 10.3. The minimum absolute atomic E-state index is 0.0351. The van der Waals surface area contributed by atoms with Gasteiger partial charge in [-0.25, -0.2) is 9.97 Å². The molecule has 1 heterocycles. The van der Waals surface area contributed by atoms with Crippen molar-refractivity contribution in [3.8, 4) is 0 Å². The Labute approximate surface area is 110 Å². The summed E-state index contributed by atoms with van der Waals surface area (Å²) in [6, 6.07) is 9.77. The van der Waals surface area contributed by atoms with E-state index in [9.17, 15) is 0 Å². The van der Waals surface area contributed by atoms with Crippen molar-refractivity contribution in [3.63, 3.8) is 0 Å². The number of nitrogens with one attached hydrogen (secondary N) is 1. The first-order valence-corrected chi connectivity index (χ1v) is 6.31. The number of nitrogen functional groups attached to an aromatic ring is 1. The highest BCUT2D eigenvalue weighted by Crippen LogP contribution is 2.27. The standard InChI is InChI=1S/C13H14N4S/c1-8-5-3-4-6-11(8)18-13-16-9(2)7-10(17-13)12(14)15/h3-7H,1-2H3,(H3,14,15). The highest BCUT2D eigenvalue weighted by atomic mass is 32.2. The smallest absolute Gasteiger partial charge is 0.193 e. The van der Waals surface area contributed by atoms with E-state index >= 15 is 0 Å². The number of hydrogen-bond donors (Lipinski definition) is 2. The van der Waals surface area contributed by atoms with E-state index in [0.29, 0.717) is 10.9 Å². The Hall–Kier alpha value is -1.88. The Kier molecular flexibility index (Phi) is 3.62. The fourth-order valence-corrected chi connectivity index (χ4v) is 2.40. The highest BCUT2D eigenvalue weighted by Gasteiger charge is 2.07. The van der Waals surface area contributed by atoms with E-state index in [2.05, 4.69) is 9.97 Å². The maximum absolute atomic E-state index is 7.43. The van der Waals surface area contributed by atoms with Crippen LogP contribution >= 0.6 is 11.8 Å². The van der Waals surface area contributed by atoms with Crippen molar-refractivity contribution < 1.29 is 0 Å². The van der Waals surface area contributed by atoms with Crippen LogP contribution in [-0.4, -0.2) is 15.8 Å². The fourth-order valence-electron chi connectivity index (χ4n) is 1.49. The second kappa shape index (κ2) is 5.18. The summed E-state index contributed by atoms with van der Waals surface area (Å²) in [7, 11) is 0. The van der Waals surface area contributed by atoms with Crippen molar-refractivity contribution in [2.45, 2.75) is 23.9 Å². The maximum Gasteiger partial charge on any atom is 0.193 e. The van der Waals surface area contributed by atoms with Crippen LogP contribution in [0.3, 0.4) is 0 Å². The lowest BCUT2D eigenvalue weighted by Crippen LogP contribution is -2.14. The molecule has 2 aromatic rings. The number of amidine groups is 1. The zero-order chi connectivity index (χ0) is 13.1. The van der Waals surface area contributed by atoms with Gasteiger partial charge in [-0.15, -0.1) is 0 Å². The largest absolute Gasteiger partial charge is 0.382 e. The Bertz CT molecular complexity index is 595. The Balaban J connectivity index is 2.35. The van der Waals surface area contributed by atoms with Crippen molar-refractivity contribution in [1.82, 2.24) is 9.97 Å². The van der Waals surface area contributed by atoms with Gasteiger partial charge in [0.2, 0.25) is 0 Å². The van der Waals surface area contributed by atoms with E-state index in [-0.39, 0.29) is 5.84 Å². The first kappa shape index (κ1) is 12.6. The summed E-state index contributed by atoms with van der Waals surface area (Å²) < 4.78 is 0. The summed E-state index contributed by atoms with van der Waals surface area (Å²) in [4.78, 5) is 9.73. The van der Waals surface area contributed by atoms with Gasteiger partial charge in [0.05, 0.1) is 0 Å². The van der Waals surface area contributed by atoms with Crippen molar-refractivity contribution in [3.05, 3.63) is 47.3 Å². The molecule has 0 spiro atoms. The quantitative estimate of drug-likeness (QED) is 0.504. The Morgan fingerprint density at radius 2 is 1.94 bits per heavy atom. The summed E-state index contributed by atoms with van der Waals surface area (Å²) in [5.41, 5.74) is 7.92. The molecule has 0 aliphatic heterocycles. The van der Waals surface area contributed by atoms with Gasteiger partial charge in [-0.3, -0.25) is 5.41 Å². The lowest BCUT2D eigenvalue weighted by Gasteiger charge is -2.06. The second-order valence-corrected chi connectivity index (χ2v) is 4.97. The molecule has 0 aliphatic rings. The molecule has 18 heavy (non-hydrogen) atoms. The summed E-state index contributed by atoms with van der Waals surface area (Å²) in [5, 5.41) is 8.05. The van der Waals surface area contributed by atoms with E-state index in [1.165, 1.54) is 17.3 Å². The van der Waals surface area contributed by atoms with Crippen LogP contribution in [0.25, 0.3) is 0 Å². The van der Waals surface area contributed by atoms with Crippen LogP contribution in [0.2, 0.25) is 0 Å². The van der Waals surface area contributed by atoms with Gasteiger partial charge in [-0.1, -0.05) is 18.2 Å². The van der Waals surface area contributed by atoms with Gasteiger partial charge in [0.15, 0.2) is 5.16 Å². The molecular weight excluding hydrogens is 244 g/mol. The molecule has 0 atom stereocenters. The molecular formula is C13H14N4S. The third kappa shape index (κ3) is 2.87. The number of aryl methyl sites for hydroxylation is 2. The highest BCUT2D eigenvalue weighted by molar-refractivity contribution is 7.99. The lowest BCUT2D eigenvalue weighted by atomic mass is 10.2. The van der Waals surface area contributed by atoms with Gasteiger partial charge in [0.1, 0.15) is 11.5 Å². The average Bonchev–Trinajstić information content (AvgIpc) is 2.31. The Morgan fingerprint density at radius 1 is 1.22 bits per heavy atom. The SMILES string of the molecule is Cc1cc(C(=N)N)nc(Sc2ccccc2C)n1. The van der Waals surface area contributed by atoms with Crippen LogP contribution in [-0.2, 0) is 0 Å². The molecule has 0 unspecified atom stereocenters. The molecule has 0 bridgehead atoms. The molecule has 5 heteroatoms. The molecule has 0 saturated carbocycles. The minimum Gasteiger partial charge on any atom is -0.382 e. The molecule has 92 valence electrons. The van der Waals surface area contributed by atoms with E-state index < -0.39 is 0 Å². The predicted octanol–water partition coefficient (Wildman–Crippen LogP) is 2.53. The number of nitrogens with two attached hydrogens (primary N) is 1. The van der Waals surface area contributed by atoms with E-state index in [4.69, 9.17) is 11.1 Å². The van der Waals surface area contributed by atoms with Crippen molar-refractivity contribution in [2.75, 3.05) is 0 Å². The number of benzene rings is 1. The number of aromatic nitrogens is 2. The molecule has 0 aliphatic carbocycles. The van der Waals surface area contributed by atoms with E-state index in [1.807, 2.05) is 38.1 Å². The summed E-state index contributed by atoms with van der Waals surface area (Å²) in [6.45, 7) is 3.92. The van der Waals surface area contributed by atoms with Gasteiger partial charge in [0.25, 0.3) is 0 Å². The van der Waals surface area contributed by atoms with Gasteiger partial charge in [0, 0.05) is 10.6 Å². The van der Waals surface area contributed by atoms with Gasteiger partial charge < -0.3 is 5.73 Å². The minimum atomic E-state index is -0.0351. The van der Waals surface area contributed by atoms with Crippen LogP contribution < -0.4 is 5.73 Å². The molecule has 0 amide bonds. The van der Waals surface area contributed by atoms with Gasteiger partial charge in [-0.2, -0.15) is 0 Å². The van der Waals surface area contributed by atoms with Crippen LogP contribution in [0.5, 0.6) is 0 Å². The third-order valence-corrected chi connectivity index (χ3v) is 3.45. The number of rotatable bonds is 3. The monoisotopic (exact) mass is 258 g/mol. The molecule has 1 aromatic carbocycles. The first-order chi connectivity index (χ1) is 8.56. The summed E-state index contributed by atoms with van der Waals surface area (Å²) >= 11 is 1.49. The molecule has 3 N–H and O–H groups in total. The first-order valence-electron chi connectivity index (χ1n) is 5.50. The van der Waals surface area contributed by atoms with Crippen LogP contribution in [0.1, 0.15) is 17.0 Å². The van der Waals surface area contributed by atoms with Crippen LogP contribution in [0.15, 0.2) is 40.4 Å². The zero-order valence-corrected chi connectivity index (χ0v) is 11.1. The molecule has 4 nitrogen and oxygen atoms in total. The fraction of sp³-hybridized carbons (Fsp3) is 0.154. The van der Waals surface area contributed by atoms with Gasteiger partial charge in [-0.05, 0) is 43.3 Å². The van der Waals surface area contributed by atoms with E-state index in [1.54, 1.807) is 6.07 Å². The average molecular weight is 258 g/mol. The van der Waals surface area contributed by atoms with E-state index in [0.717, 1.165) is 10.6 Å². The van der Waals surface area contributed by atoms with Crippen LogP contribution in [0, 0.1) is 19.3 Å². The third-order valence-electron chi connectivity index (χ3n) is 2.40. The number of hydrogen-bond acceptors (Lipinski definition) is 4. The topological polar surface area (TPSA) is 75.7 Å². The summed E-state index contributed by atoms with van der Waals surface area (Å²) in [6.07, 6.45) is 0. The predicted molar refractivity (Wildman–Crippen MR) is 73.1 cm³/mol. The molecule has 0 radical (unpaired) electrons. The van der Waals surface area contributed by atoms with Crippen LogP contribution in [0.4, 0.5) is 0 Å². The second-order valence-electron chi connectivity index (χ2n) is 3.96. The molecule has 2 rings (SSSR count). The normalized spacial score (nSPS) is 10.3. The van der Waals surface area contributed by atoms with Crippen molar-refractivity contribution in [1.29, 1.82) is 5.41 Å². The maximum atomic E-state index is 7.43. The lowest BCUT2D eigenvalue weighted by molar-refractivity contribution is 0.920. The number of nitrogens with zero attached hydrogens (tertiary/aromatic N) is 2. The van der Waals surface area contributed by atoms with Crippen molar-refractivity contribution >= 4 is 17.6 Å². The molecule has 0 fully saturated rings.